The minimum absolute atomic E-state index is 0.433. The fourth-order valence-electron chi connectivity index (χ4n) is 2.62. The van der Waals surface area contributed by atoms with Gasteiger partial charge in [-0.25, -0.2) is 0 Å². The number of nitrogens with zero attached hydrogens (tertiary/aromatic N) is 3. The van der Waals surface area contributed by atoms with Crippen LogP contribution in [-0.2, 0) is 11.3 Å². The molecule has 0 atom stereocenters. The number of rotatable bonds is 5. The van der Waals surface area contributed by atoms with E-state index < -0.39 is 11.5 Å². The fourth-order valence-corrected chi connectivity index (χ4v) is 2.62. The molecule has 128 valence electrons. The molecule has 0 saturated carbocycles. The number of benzene rings is 2. The first-order valence-electron chi connectivity index (χ1n) is 8.08. The highest BCUT2D eigenvalue weighted by atomic mass is 16.4. The van der Waals surface area contributed by atoms with Gasteiger partial charge in [0.05, 0.1) is 23.8 Å². The monoisotopic (exact) mass is 342 g/mol. The summed E-state index contributed by atoms with van der Waals surface area (Å²) < 4.78 is 1.74. The number of aromatic nitrogens is 2. The lowest BCUT2D eigenvalue weighted by atomic mass is 10.0. The third-order valence-electron chi connectivity index (χ3n) is 3.94. The summed E-state index contributed by atoms with van der Waals surface area (Å²) in [6.07, 6.45) is 3.04. The number of carboxylic acids is 1. The molecule has 3 aromatic rings. The van der Waals surface area contributed by atoms with Gasteiger partial charge in [-0.15, -0.1) is 0 Å². The summed E-state index contributed by atoms with van der Waals surface area (Å²) in [5, 5.41) is 24.7. The van der Waals surface area contributed by atoms with E-state index in [0.717, 1.165) is 16.7 Å². The predicted octanol–water partition coefficient (Wildman–Crippen LogP) is 2.56. The van der Waals surface area contributed by atoms with Crippen molar-refractivity contribution in [3.05, 3.63) is 83.1 Å². The van der Waals surface area contributed by atoms with Gasteiger partial charge in [0, 0.05) is 17.3 Å². The molecule has 0 unspecified atom stereocenters. The van der Waals surface area contributed by atoms with Crippen molar-refractivity contribution >= 4 is 12.0 Å². The van der Waals surface area contributed by atoms with E-state index in [1.54, 1.807) is 16.9 Å². The summed E-state index contributed by atoms with van der Waals surface area (Å²) in [7, 11) is 0. The number of aryl methyl sites for hydroxylation is 1. The quantitative estimate of drug-likeness (QED) is 0.527. The Bertz CT molecular complexity index is 994. The number of hydrogen-bond acceptors (Lipinski definition) is 4. The molecule has 0 amide bonds. The smallest absolute Gasteiger partial charge is 0.101 e. The molecule has 5 heteroatoms. The molecule has 1 aromatic heterocycles. The second-order valence-electron chi connectivity index (χ2n) is 5.94. The lowest BCUT2D eigenvalue weighted by Gasteiger charge is -2.02. The van der Waals surface area contributed by atoms with E-state index in [1.165, 1.54) is 6.08 Å². The van der Waals surface area contributed by atoms with Crippen molar-refractivity contribution in [2.45, 2.75) is 13.5 Å². The van der Waals surface area contributed by atoms with Crippen molar-refractivity contribution in [1.29, 1.82) is 5.26 Å². The van der Waals surface area contributed by atoms with Crippen LogP contribution < -0.4 is 5.11 Å². The first kappa shape index (κ1) is 17.2. The molecule has 0 aliphatic heterocycles. The highest BCUT2D eigenvalue weighted by Gasteiger charge is 2.11. The van der Waals surface area contributed by atoms with Crippen LogP contribution in [0.25, 0.3) is 17.3 Å². The Kier molecular flexibility index (Phi) is 4.95. The minimum Gasteiger partial charge on any atom is -0.544 e. The van der Waals surface area contributed by atoms with Crippen LogP contribution in [-0.4, -0.2) is 15.7 Å². The van der Waals surface area contributed by atoms with Gasteiger partial charge < -0.3 is 9.90 Å². The summed E-state index contributed by atoms with van der Waals surface area (Å²) in [5.41, 5.74) is 3.78. The van der Waals surface area contributed by atoms with E-state index in [0.29, 0.717) is 17.8 Å². The molecule has 0 aliphatic carbocycles. The van der Waals surface area contributed by atoms with E-state index in [1.807, 2.05) is 61.5 Å². The van der Waals surface area contributed by atoms with E-state index in [-0.39, 0.29) is 0 Å². The van der Waals surface area contributed by atoms with E-state index in [2.05, 4.69) is 5.10 Å². The highest BCUT2D eigenvalue weighted by molar-refractivity contribution is 5.96. The van der Waals surface area contributed by atoms with Gasteiger partial charge in [-0.05, 0) is 18.6 Å². The first-order chi connectivity index (χ1) is 12.6. The molecule has 0 bridgehead atoms. The molecule has 1 heterocycles. The highest BCUT2D eigenvalue weighted by Crippen LogP contribution is 2.25. The number of carboxylic acid groups (broad SMARTS) is 1. The number of carbonyl (C=O) groups excluding carboxylic acids is 1. The topological polar surface area (TPSA) is 81.7 Å². The zero-order chi connectivity index (χ0) is 18.5. The van der Waals surface area contributed by atoms with E-state index >= 15 is 0 Å². The number of nitriles is 1. The minimum atomic E-state index is -1.50. The molecule has 0 saturated heterocycles. The van der Waals surface area contributed by atoms with Crippen molar-refractivity contribution < 1.29 is 9.90 Å². The molecular weight excluding hydrogens is 326 g/mol. The molecule has 0 N–H and O–H groups in total. The third-order valence-corrected chi connectivity index (χ3v) is 3.94. The summed E-state index contributed by atoms with van der Waals surface area (Å²) >= 11 is 0. The summed E-state index contributed by atoms with van der Waals surface area (Å²) in [5.74, 6) is -1.50. The van der Waals surface area contributed by atoms with Gasteiger partial charge in [-0.3, -0.25) is 4.68 Å². The first-order valence-corrected chi connectivity index (χ1v) is 8.08. The van der Waals surface area contributed by atoms with Crippen LogP contribution in [0.15, 0.2) is 66.4 Å². The molecule has 0 radical (unpaired) electrons. The predicted molar refractivity (Wildman–Crippen MR) is 96.5 cm³/mol. The second kappa shape index (κ2) is 7.49. The normalized spacial score (nSPS) is 11.2. The fraction of sp³-hybridized carbons (Fsp3) is 0.0952. The van der Waals surface area contributed by atoms with Gasteiger partial charge in [0.2, 0.25) is 0 Å². The van der Waals surface area contributed by atoms with Gasteiger partial charge in [0.15, 0.2) is 0 Å². The lowest BCUT2D eigenvalue weighted by Crippen LogP contribution is -2.23. The Morgan fingerprint density at radius 1 is 1.19 bits per heavy atom. The van der Waals surface area contributed by atoms with Crippen LogP contribution in [0.2, 0.25) is 0 Å². The van der Waals surface area contributed by atoms with Crippen molar-refractivity contribution in [2.75, 3.05) is 0 Å². The van der Waals surface area contributed by atoms with Crippen LogP contribution in [0.5, 0.6) is 0 Å². The van der Waals surface area contributed by atoms with Crippen molar-refractivity contribution in [3.8, 4) is 17.3 Å². The Balaban J connectivity index is 2.07. The Hall–Kier alpha value is -3.65. The molecule has 0 spiro atoms. The Morgan fingerprint density at radius 3 is 2.50 bits per heavy atom. The van der Waals surface area contributed by atoms with Crippen LogP contribution in [0, 0.1) is 18.3 Å². The van der Waals surface area contributed by atoms with Crippen molar-refractivity contribution in [3.63, 3.8) is 0 Å². The van der Waals surface area contributed by atoms with Crippen LogP contribution in [0.3, 0.4) is 0 Å². The molecule has 2 aromatic carbocycles. The third kappa shape index (κ3) is 3.87. The van der Waals surface area contributed by atoms with Gasteiger partial charge in [0.25, 0.3) is 0 Å². The average Bonchev–Trinajstić information content (AvgIpc) is 3.03. The zero-order valence-corrected chi connectivity index (χ0v) is 14.2. The van der Waals surface area contributed by atoms with E-state index in [9.17, 15) is 9.90 Å². The van der Waals surface area contributed by atoms with Crippen LogP contribution in [0.4, 0.5) is 0 Å². The summed E-state index contributed by atoms with van der Waals surface area (Å²) in [6, 6.07) is 19.2. The van der Waals surface area contributed by atoms with E-state index in [4.69, 9.17) is 5.26 Å². The van der Waals surface area contributed by atoms with Crippen molar-refractivity contribution in [2.24, 2.45) is 0 Å². The molecule has 3 rings (SSSR count). The SMILES string of the molecule is Cc1ccc(-c2nn(Cc3ccccc3)cc2/C=C(\C#N)C(=O)[O-])cc1. The molecule has 26 heavy (non-hydrogen) atoms. The van der Waals surface area contributed by atoms with Gasteiger partial charge >= 0.3 is 0 Å². The maximum atomic E-state index is 11.1. The number of carbonyl (C=O) groups is 1. The second-order valence-corrected chi connectivity index (χ2v) is 5.94. The molecule has 0 aliphatic rings. The summed E-state index contributed by atoms with van der Waals surface area (Å²) in [6.45, 7) is 2.53. The Morgan fingerprint density at radius 2 is 1.88 bits per heavy atom. The van der Waals surface area contributed by atoms with Gasteiger partial charge in [0.1, 0.15) is 6.07 Å². The average molecular weight is 342 g/mol. The Labute approximate surface area is 151 Å². The van der Waals surface area contributed by atoms with Gasteiger partial charge in [-0.2, -0.15) is 10.4 Å². The summed E-state index contributed by atoms with van der Waals surface area (Å²) in [4.78, 5) is 11.1. The lowest BCUT2D eigenvalue weighted by molar-refractivity contribution is -0.298. The van der Waals surface area contributed by atoms with Crippen molar-refractivity contribution in [1.82, 2.24) is 9.78 Å². The largest absolute Gasteiger partial charge is 0.544 e. The van der Waals surface area contributed by atoms with Gasteiger partial charge in [-0.1, -0.05) is 60.2 Å². The number of hydrogen-bond donors (Lipinski definition) is 0. The maximum Gasteiger partial charge on any atom is 0.101 e. The molecule has 5 nitrogen and oxygen atoms in total. The maximum absolute atomic E-state index is 11.1. The number of aliphatic carboxylic acids is 1. The standard InChI is InChI=1S/C21H17N3O2/c1-15-7-9-17(10-8-15)20-19(11-18(12-22)21(25)26)14-24(23-20)13-16-5-3-2-4-6-16/h2-11,14H,13H2,1H3,(H,25,26)/p-1/b18-11+. The molecular formula is C21H16N3O2-. The van der Waals surface area contributed by atoms with Crippen LogP contribution in [0.1, 0.15) is 16.7 Å². The van der Waals surface area contributed by atoms with Crippen LogP contribution >= 0.6 is 0 Å². The zero-order valence-electron chi connectivity index (χ0n) is 14.2. The molecule has 0 fully saturated rings.